The largest absolute Gasteiger partial charge is 0.396 e. The summed E-state index contributed by atoms with van der Waals surface area (Å²) < 4.78 is 0. The Hall–Kier alpha value is -2.65. The summed E-state index contributed by atoms with van der Waals surface area (Å²) >= 11 is 0. The first-order valence-electron chi connectivity index (χ1n) is 8.47. The highest BCUT2D eigenvalue weighted by atomic mass is 16.3. The zero-order valence-electron chi connectivity index (χ0n) is 13.9. The van der Waals surface area contributed by atoms with Gasteiger partial charge in [-0.1, -0.05) is 17.9 Å². The molecule has 0 aliphatic carbocycles. The van der Waals surface area contributed by atoms with Gasteiger partial charge in [-0.3, -0.25) is 19.7 Å². The molecule has 1 aromatic carbocycles. The van der Waals surface area contributed by atoms with E-state index in [9.17, 15) is 14.4 Å². The van der Waals surface area contributed by atoms with Gasteiger partial charge < -0.3 is 10.0 Å². The minimum Gasteiger partial charge on any atom is -0.396 e. The lowest BCUT2D eigenvalue weighted by Gasteiger charge is -2.29. The number of nitrogens with one attached hydrogen (secondary N) is 1. The van der Waals surface area contributed by atoms with Gasteiger partial charge in [0.1, 0.15) is 6.04 Å². The first-order valence-corrected chi connectivity index (χ1v) is 8.47. The summed E-state index contributed by atoms with van der Waals surface area (Å²) in [5.41, 5.74) is 2.22. The molecule has 1 fully saturated rings. The average Bonchev–Trinajstić information content (AvgIpc) is 2.91. The van der Waals surface area contributed by atoms with E-state index in [1.807, 2.05) is 12.1 Å². The van der Waals surface area contributed by atoms with Crippen LogP contribution in [0.3, 0.4) is 0 Å². The molecule has 1 atom stereocenters. The van der Waals surface area contributed by atoms with Crippen molar-refractivity contribution in [3.63, 3.8) is 0 Å². The molecule has 0 saturated carbocycles. The molecule has 1 saturated heterocycles. The maximum absolute atomic E-state index is 12.7. The topological polar surface area (TPSA) is 86.7 Å². The van der Waals surface area contributed by atoms with Gasteiger partial charge in [0.25, 0.3) is 5.91 Å². The number of carbonyl (C=O) groups is 3. The second kappa shape index (κ2) is 7.49. The van der Waals surface area contributed by atoms with Gasteiger partial charge in [0, 0.05) is 37.1 Å². The third-order valence-electron chi connectivity index (χ3n) is 4.47. The number of aliphatic hydroxyl groups is 1. The van der Waals surface area contributed by atoms with Gasteiger partial charge in [0.05, 0.1) is 0 Å². The number of benzene rings is 1. The minimum atomic E-state index is -0.592. The van der Waals surface area contributed by atoms with Gasteiger partial charge in [-0.2, -0.15) is 0 Å². The molecule has 0 aromatic heterocycles. The summed E-state index contributed by atoms with van der Waals surface area (Å²) in [4.78, 5) is 37.5. The molecular formula is C19H20N2O4. The zero-order valence-corrected chi connectivity index (χ0v) is 13.9. The van der Waals surface area contributed by atoms with Gasteiger partial charge in [0.15, 0.2) is 0 Å². The van der Waals surface area contributed by atoms with Crippen molar-refractivity contribution in [3.8, 4) is 11.8 Å². The fraction of sp³-hybridized carbons (Fsp3) is 0.421. The first-order chi connectivity index (χ1) is 12.1. The van der Waals surface area contributed by atoms with E-state index in [2.05, 4.69) is 17.2 Å². The molecule has 2 aliphatic heterocycles. The highest BCUT2D eigenvalue weighted by molar-refractivity contribution is 6.05. The SMILES string of the molecule is O=C1CCC(N2Cc3ccc(C#CCCCCO)cc3C2=O)C(=O)N1. The number of rotatable bonds is 4. The number of nitrogens with zero attached hydrogens (tertiary/aromatic N) is 1. The van der Waals surface area contributed by atoms with E-state index >= 15 is 0 Å². The highest BCUT2D eigenvalue weighted by Gasteiger charge is 2.38. The number of hydrogen-bond donors (Lipinski definition) is 2. The quantitative estimate of drug-likeness (QED) is 0.486. The van der Waals surface area contributed by atoms with Gasteiger partial charge >= 0.3 is 0 Å². The summed E-state index contributed by atoms with van der Waals surface area (Å²) in [6.07, 6.45) is 2.89. The van der Waals surface area contributed by atoms with Gasteiger partial charge in [-0.05, 0) is 37.0 Å². The van der Waals surface area contributed by atoms with Crippen molar-refractivity contribution in [1.29, 1.82) is 0 Å². The van der Waals surface area contributed by atoms with E-state index in [0.29, 0.717) is 24.9 Å². The van der Waals surface area contributed by atoms with Crippen LogP contribution in [0.4, 0.5) is 0 Å². The number of fused-ring (bicyclic) bond motifs is 1. The van der Waals surface area contributed by atoms with Gasteiger partial charge in [-0.25, -0.2) is 0 Å². The Labute approximate surface area is 146 Å². The molecule has 6 nitrogen and oxygen atoms in total. The molecule has 0 spiro atoms. The van der Waals surface area contributed by atoms with Crippen LogP contribution in [0.5, 0.6) is 0 Å². The van der Waals surface area contributed by atoms with Crippen LogP contribution in [0.15, 0.2) is 18.2 Å². The maximum Gasteiger partial charge on any atom is 0.255 e. The standard InChI is InChI=1S/C19H20N2O4/c22-10-4-2-1-3-5-13-6-7-14-12-21(19(25)15(14)11-13)16-8-9-17(23)20-18(16)24/h6-7,11,16,22H,1-2,4,8-10,12H2,(H,20,23,24). The van der Waals surface area contributed by atoms with E-state index in [4.69, 9.17) is 5.11 Å². The molecule has 2 aliphatic rings. The molecule has 130 valence electrons. The van der Waals surface area contributed by atoms with E-state index in [-0.39, 0.29) is 24.8 Å². The van der Waals surface area contributed by atoms with Crippen LogP contribution in [0, 0.1) is 11.8 Å². The summed E-state index contributed by atoms with van der Waals surface area (Å²) in [5.74, 6) is 5.20. The molecule has 2 heterocycles. The summed E-state index contributed by atoms with van der Waals surface area (Å²) in [7, 11) is 0. The Morgan fingerprint density at radius 3 is 2.84 bits per heavy atom. The van der Waals surface area contributed by atoms with Crippen LogP contribution < -0.4 is 5.32 Å². The molecule has 1 unspecified atom stereocenters. The third-order valence-corrected chi connectivity index (χ3v) is 4.47. The Kier molecular flexibility index (Phi) is 5.15. The van der Waals surface area contributed by atoms with E-state index in [1.54, 1.807) is 6.07 Å². The molecule has 1 aromatic rings. The molecule has 2 N–H and O–H groups in total. The van der Waals surface area contributed by atoms with E-state index in [1.165, 1.54) is 4.90 Å². The zero-order chi connectivity index (χ0) is 17.8. The lowest BCUT2D eigenvalue weighted by Crippen LogP contribution is -2.52. The molecule has 25 heavy (non-hydrogen) atoms. The molecule has 3 amide bonds. The van der Waals surface area contributed by atoms with Crippen molar-refractivity contribution < 1.29 is 19.5 Å². The van der Waals surface area contributed by atoms with Crippen molar-refractivity contribution in [2.75, 3.05) is 6.61 Å². The van der Waals surface area contributed by atoms with Crippen molar-refractivity contribution in [2.45, 2.75) is 44.7 Å². The van der Waals surface area contributed by atoms with Crippen LogP contribution >= 0.6 is 0 Å². The predicted octanol–water partition coefficient (Wildman–Crippen LogP) is 0.962. The van der Waals surface area contributed by atoms with Crippen LogP contribution in [0.25, 0.3) is 0 Å². The third kappa shape index (κ3) is 3.72. The Morgan fingerprint density at radius 2 is 2.08 bits per heavy atom. The van der Waals surface area contributed by atoms with Gasteiger partial charge in [0.2, 0.25) is 11.8 Å². The monoisotopic (exact) mass is 340 g/mol. The van der Waals surface area contributed by atoms with Crippen LogP contribution in [0.2, 0.25) is 0 Å². The smallest absolute Gasteiger partial charge is 0.255 e. The van der Waals surface area contributed by atoms with Crippen LogP contribution in [-0.4, -0.2) is 40.4 Å². The fourth-order valence-corrected chi connectivity index (χ4v) is 3.12. The lowest BCUT2D eigenvalue weighted by atomic mass is 10.0. The average molecular weight is 340 g/mol. The summed E-state index contributed by atoms with van der Waals surface area (Å²) in [6, 6.07) is 4.92. The minimum absolute atomic E-state index is 0.172. The van der Waals surface area contributed by atoms with Crippen molar-refractivity contribution in [3.05, 3.63) is 34.9 Å². The summed E-state index contributed by atoms with van der Waals surface area (Å²) in [5, 5.41) is 11.0. The van der Waals surface area contributed by atoms with Crippen molar-refractivity contribution in [1.82, 2.24) is 10.2 Å². The number of piperidine rings is 1. The number of carbonyl (C=O) groups excluding carboxylic acids is 3. The van der Waals surface area contributed by atoms with Crippen LogP contribution in [0.1, 0.15) is 53.6 Å². The second-order valence-corrected chi connectivity index (χ2v) is 6.25. The number of unbranched alkanes of at least 4 members (excludes halogenated alkanes) is 2. The highest BCUT2D eigenvalue weighted by Crippen LogP contribution is 2.28. The number of imide groups is 1. The molecule has 6 heteroatoms. The van der Waals surface area contributed by atoms with Gasteiger partial charge in [-0.15, -0.1) is 0 Å². The van der Waals surface area contributed by atoms with Crippen molar-refractivity contribution in [2.24, 2.45) is 0 Å². The predicted molar refractivity (Wildman–Crippen MR) is 90.3 cm³/mol. The molecular weight excluding hydrogens is 320 g/mol. The number of hydrogen-bond acceptors (Lipinski definition) is 4. The fourth-order valence-electron chi connectivity index (χ4n) is 3.12. The Balaban J connectivity index is 1.71. The first kappa shape index (κ1) is 17.2. The van der Waals surface area contributed by atoms with E-state index < -0.39 is 11.9 Å². The molecule has 0 bridgehead atoms. The molecule has 0 radical (unpaired) electrons. The van der Waals surface area contributed by atoms with E-state index in [0.717, 1.165) is 24.0 Å². The normalized spacial score (nSPS) is 19.3. The number of aliphatic hydroxyl groups excluding tert-OH is 1. The van der Waals surface area contributed by atoms with Crippen LogP contribution in [-0.2, 0) is 16.1 Å². The second-order valence-electron chi connectivity index (χ2n) is 6.25. The summed E-state index contributed by atoms with van der Waals surface area (Å²) in [6.45, 7) is 0.551. The maximum atomic E-state index is 12.7. The Morgan fingerprint density at radius 1 is 1.24 bits per heavy atom. The lowest BCUT2D eigenvalue weighted by molar-refractivity contribution is -0.136. The van der Waals surface area contributed by atoms with Crippen molar-refractivity contribution >= 4 is 17.7 Å². The molecule has 3 rings (SSSR count). The number of amides is 3. The Bertz CT molecular complexity index is 775.